The Morgan fingerprint density at radius 2 is 2.17 bits per heavy atom. The molecule has 1 aromatic carbocycles. The molecule has 2 heterocycles. The van der Waals surface area contributed by atoms with Crippen LogP contribution < -0.4 is 10.1 Å². The van der Waals surface area contributed by atoms with Crippen LogP contribution in [0.3, 0.4) is 0 Å². The second kappa shape index (κ2) is 7.11. The number of pyridine rings is 1. The Labute approximate surface area is 138 Å². The Bertz CT molecular complexity index is 772. The average Bonchev–Trinajstić information content (AvgIpc) is 2.90. The lowest BCUT2D eigenvalue weighted by molar-refractivity contribution is -0.115. The van der Waals surface area contributed by atoms with Crippen molar-refractivity contribution < 1.29 is 9.53 Å². The highest BCUT2D eigenvalue weighted by molar-refractivity contribution is 8.18. The van der Waals surface area contributed by atoms with Gasteiger partial charge in [-0.05, 0) is 48.5 Å². The second-order valence-electron chi connectivity index (χ2n) is 4.67. The molecule has 0 aliphatic carbocycles. The molecule has 116 valence electrons. The van der Waals surface area contributed by atoms with E-state index in [-0.39, 0.29) is 5.91 Å². The molecule has 1 saturated heterocycles. The maximum Gasteiger partial charge on any atom is 0.264 e. The van der Waals surface area contributed by atoms with Crippen molar-refractivity contribution in [2.24, 2.45) is 4.99 Å². The van der Waals surface area contributed by atoms with Crippen molar-refractivity contribution in [3.8, 4) is 5.75 Å². The number of para-hydroxylation sites is 2. The maximum atomic E-state index is 12.1. The van der Waals surface area contributed by atoms with Gasteiger partial charge in [-0.15, -0.1) is 0 Å². The first-order chi connectivity index (χ1) is 11.3. The summed E-state index contributed by atoms with van der Waals surface area (Å²) in [7, 11) is 0. The van der Waals surface area contributed by atoms with Gasteiger partial charge < -0.3 is 10.1 Å². The third kappa shape index (κ3) is 3.78. The number of hydrogen-bond donors (Lipinski definition) is 1. The number of hydrogen-bond acceptors (Lipinski definition) is 5. The fourth-order valence-electron chi connectivity index (χ4n) is 2.03. The van der Waals surface area contributed by atoms with Crippen molar-refractivity contribution in [1.82, 2.24) is 10.3 Å². The van der Waals surface area contributed by atoms with E-state index in [1.165, 1.54) is 11.8 Å². The van der Waals surface area contributed by atoms with Crippen molar-refractivity contribution in [3.63, 3.8) is 0 Å². The number of carbonyl (C=O) groups excluding carboxylic acids is 1. The van der Waals surface area contributed by atoms with Crippen LogP contribution in [0.25, 0.3) is 6.08 Å². The summed E-state index contributed by atoms with van der Waals surface area (Å²) in [5.41, 5.74) is 1.57. The van der Waals surface area contributed by atoms with Crippen molar-refractivity contribution in [3.05, 3.63) is 59.3 Å². The molecule has 0 atom stereocenters. The number of nitrogens with zero attached hydrogens (tertiary/aromatic N) is 2. The standard InChI is InChI=1S/C17H15N3O2S/c1-2-22-14-8-4-3-7-13(14)19-17-20-16(21)15(23-17)10-12-6-5-9-18-11-12/h3-11H,2H2,1H3,(H,19,20,21). The normalized spacial score (nSPS) is 17.5. The molecule has 3 rings (SSSR count). The first kappa shape index (κ1) is 15.3. The molecule has 6 heteroatoms. The van der Waals surface area contributed by atoms with E-state index in [9.17, 15) is 4.79 Å². The average molecular weight is 325 g/mol. The molecular weight excluding hydrogens is 310 g/mol. The quantitative estimate of drug-likeness (QED) is 0.875. The number of aliphatic imine (C=N–C) groups is 1. The molecule has 5 nitrogen and oxygen atoms in total. The number of aromatic nitrogens is 1. The van der Waals surface area contributed by atoms with Gasteiger partial charge in [-0.2, -0.15) is 0 Å². The Morgan fingerprint density at radius 3 is 2.96 bits per heavy atom. The van der Waals surface area contributed by atoms with E-state index in [1.807, 2.05) is 43.3 Å². The van der Waals surface area contributed by atoms with Crippen LogP contribution in [-0.2, 0) is 4.79 Å². The predicted molar refractivity (Wildman–Crippen MR) is 92.7 cm³/mol. The smallest absolute Gasteiger partial charge is 0.264 e. The minimum atomic E-state index is -0.161. The first-order valence-corrected chi connectivity index (χ1v) is 7.99. The van der Waals surface area contributed by atoms with Gasteiger partial charge in [-0.3, -0.25) is 9.78 Å². The molecule has 1 aliphatic rings. The fourth-order valence-corrected chi connectivity index (χ4v) is 2.86. The summed E-state index contributed by atoms with van der Waals surface area (Å²) >= 11 is 1.30. The summed E-state index contributed by atoms with van der Waals surface area (Å²) < 4.78 is 5.54. The number of benzene rings is 1. The van der Waals surface area contributed by atoms with Gasteiger partial charge in [0.25, 0.3) is 5.91 Å². The predicted octanol–water partition coefficient (Wildman–Crippen LogP) is 3.37. The summed E-state index contributed by atoms with van der Waals surface area (Å²) in [5.74, 6) is 0.536. The van der Waals surface area contributed by atoms with Gasteiger partial charge in [0.15, 0.2) is 5.17 Å². The summed E-state index contributed by atoms with van der Waals surface area (Å²) in [6, 6.07) is 11.2. The summed E-state index contributed by atoms with van der Waals surface area (Å²) in [4.78, 5) is 21.2. The number of thioether (sulfide) groups is 1. The molecule has 0 spiro atoms. The highest BCUT2D eigenvalue weighted by atomic mass is 32.2. The van der Waals surface area contributed by atoms with E-state index in [0.29, 0.717) is 28.1 Å². The van der Waals surface area contributed by atoms with Crippen LogP contribution in [0, 0.1) is 0 Å². The van der Waals surface area contributed by atoms with Crippen LogP contribution in [0.4, 0.5) is 5.69 Å². The Morgan fingerprint density at radius 1 is 1.30 bits per heavy atom. The van der Waals surface area contributed by atoms with Gasteiger partial charge in [0.1, 0.15) is 11.4 Å². The number of carbonyl (C=O) groups is 1. The van der Waals surface area contributed by atoms with Crippen LogP contribution in [0.2, 0.25) is 0 Å². The molecule has 0 radical (unpaired) electrons. The Hall–Kier alpha value is -2.60. The highest BCUT2D eigenvalue weighted by Crippen LogP contribution is 2.32. The molecule has 1 N–H and O–H groups in total. The summed E-state index contributed by atoms with van der Waals surface area (Å²) in [5, 5.41) is 3.31. The van der Waals surface area contributed by atoms with Gasteiger partial charge in [0.05, 0.1) is 11.5 Å². The SMILES string of the molecule is CCOc1ccccc1N=C1NC(=O)C(=Cc2cccnc2)S1. The summed E-state index contributed by atoms with van der Waals surface area (Å²) in [6.45, 7) is 2.48. The number of rotatable bonds is 4. The Kier molecular flexibility index (Phi) is 4.73. The fraction of sp³-hybridized carbons (Fsp3) is 0.118. The van der Waals surface area contributed by atoms with Crippen molar-refractivity contribution in [2.45, 2.75) is 6.92 Å². The zero-order chi connectivity index (χ0) is 16.1. The lowest BCUT2D eigenvalue weighted by Crippen LogP contribution is -2.19. The topological polar surface area (TPSA) is 63.6 Å². The molecule has 1 amide bonds. The third-order valence-corrected chi connectivity index (χ3v) is 3.93. The highest BCUT2D eigenvalue weighted by Gasteiger charge is 2.24. The number of ether oxygens (including phenoxy) is 1. The van der Waals surface area contributed by atoms with Gasteiger partial charge in [-0.25, -0.2) is 4.99 Å². The molecule has 1 fully saturated rings. The molecule has 0 bridgehead atoms. The molecule has 0 saturated carbocycles. The van der Waals surface area contributed by atoms with Gasteiger partial charge in [0.2, 0.25) is 0 Å². The van der Waals surface area contributed by atoms with Crippen LogP contribution in [0.15, 0.2) is 58.7 Å². The third-order valence-electron chi connectivity index (χ3n) is 3.02. The number of nitrogens with one attached hydrogen (secondary N) is 1. The van der Waals surface area contributed by atoms with E-state index in [1.54, 1.807) is 18.5 Å². The van der Waals surface area contributed by atoms with Crippen LogP contribution in [0.1, 0.15) is 12.5 Å². The zero-order valence-corrected chi connectivity index (χ0v) is 13.3. The minimum Gasteiger partial charge on any atom is -0.492 e. The second-order valence-corrected chi connectivity index (χ2v) is 5.70. The number of amides is 1. The van der Waals surface area contributed by atoms with Crippen molar-refractivity contribution >= 4 is 34.6 Å². The number of amidine groups is 1. The van der Waals surface area contributed by atoms with E-state index in [4.69, 9.17) is 4.74 Å². The van der Waals surface area contributed by atoms with Crippen LogP contribution in [0.5, 0.6) is 5.75 Å². The molecule has 1 aromatic heterocycles. The molecule has 0 unspecified atom stereocenters. The maximum absolute atomic E-state index is 12.1. The molecule has 23 heavy (non-hydrogen) atoms. The monoisotopic (exact) mass is 325 g/mol. The van der Waals surface area contributed by atoms with Gasteiger partial charge in [-0.1, -0.05) is 18.2 Å². The van der Waals surface area contributed by atoms with E-state index in [0.717, 1.165) is 5.56 Å². The molecule has 1 aliphatic heterocycles. The van der Waals surface area contributed by atoms with Crippen molar-refractivity contribution in [1.29, 1.82) is 0 Å². The largest absolute Gasteiger partial charge is 0.492 e. The van der Waals surface area contributed by atoms with Gasteiger partial charge in [0, 0.05) is 12.4 Å². The zero-order valence-electron chi connectivity index (χ0n) is 12.5. The van der Waals surface area contributed by atoms with Crippen molar-refractivity contribution in [2.75, 3.05) is 6.61 Å². The van der Waals surface area contributed by atoms with E-state index in [2.05, 4.69) is 15.3 Å². The lowest BCUT2D eigenvalue weighted by Gasteiger charge is -2.06. The van der Waals surface area contributed by atoms with Crippen LogP contribution in [-0.4, -0.2) is 22.7 Å². The molecular formula is C17H15N3O2S. The van der Waals surface area contributed by atoms with Gasteiger partial charge >= 0.3 is 0 Å². The lowest BCUT2D eigenvalue weighted by atomic mass is 10.2. The van der Waals surface area contributed by atoms with Crippen LogP contribution >= 0.6 is 11.8 Å². The first-order valence-electron chi connectivity index (χ1n) is 7.17. The van der Waals surface area contributed by atoms with E-state index >= 15 is 0 Å². The summed E-state index contributed by atoms with van der Waals surface area (Å²) in [6.07, 6.45) is 5.20. The van der Waals surface area contributed by atoms with E-state index < -0.39 is 0 Å². The Balaban J connectivity index is 1.84. The molecule has 2 aromatic rings. The minimum absolute atomic E-state index is 0.161.